The van der Waals surface area contributed by atoms with Gasteiger partial charge in [-0.3, -0.25) is 0 Å². The second-order valence-electron chi connectivity index (χ2n) is 5.91. The van der Waals surface area contributed by atoms with Crippen molar-refractivity contribution in [3.05, 3.63) is 71.3 Å². The lowest BCUT2D eigenvalue weighted by atomic mass is 9.94. The van der Waals surface area contributed by atoms with E-state index in [-0.39, 0.29) is 5.82 Å². The average molecular weight is 334 g/mol. The highest BCUT2D eigenvalue weighted by molar-refractivity contribution is 7.21. The van der Waals surface area contributed by atoms with Crippen LogP contribution in [-0.4, -0.2) is 0 Å². The summed E-state index contributed by atoms with van der Waals surface area (Å²) in [7, 11) is 0. The molecule has 0 spiro atoms. The zero-order chi connectivity index (χ0) is 16.8. The fourth-order valence-corrected chi connectivity index (χ4v) is 4.20. The van der Waals surface area contributed by atoms with Crippen molar-refractivity contribution in [3.8, 4) is 21.6 Å². The first kappa shape index (κ1) is 14.8. The summed E-state index contributed by atoms with van der Waals surface area (Å²) in [5.41, 5.74) is 10.4. The third kappa shape index (κ3) is 2.36. The SMILES string of the molecule is Cc1cc(-c2c3ccc(=N)cc-3sc3cc(N)ccc23)ccc1F. The molecule has 1 aliphatic heterocycles. The molecule has 0 saturated carbocycles. The fourth-order valence-electron chi connectivity index (χ4n) is 3.02. The molecule has 2 aliphatic rings. The molecule has 0 bridgehead atoms. The van der Waals surface area contributed by atoms with Crippen molar-refractivity contribution in [3.63, 3.8) is 0 Å². The van der Waals surface area contributed by atoms with Gasteiger partial charge in [0.05, 0.1) is 5.36 Å². The normalized spacial score (nSPS) is 11.2. The van der Waals surface area contributed by atoms with Gasteiger partial charge in [-0.05, 0) is 60.0 Å². The van der Waals surface area contributed by atoms with Crippen LogP contribution in [0, 0.1) is 18.2 Å². The van der Waals surface area contributed by atoms with Gasteiger partial charge in [0.25, 0.3) is 0 Å². The maximum absolute atomic E-state index is 13.7. The Morgan fingerprint density at radius 1 is 1.00 bits per heavy atom. The number of nitrogen functional groups attached to an aromatic ring is 1. The van der Waals surface area contributed by atoms with Crippen molar-refractivity contribution >= 4 is 27.1 Å². The van der Waals surface area contributed by atoms with E-state index in [4.69, 9.17) is 11.1 Å². The van der Waals surface area contributed by atoms with E-state index in [1.807, 2.05) is 42.5 Å². The molecule has 2 nitrogen and oxygen atoms in total. The van der Waals surface area contributed by atoms with Crippen LogP contribution < -0.4 is 11.1 Å². The zero-order valence-electron chi connectivity index (χ0n) is 13.1. The summed E-state index contributed by atoms with van der Waals surface area (Å²) in [5, 5.41) is 9.46. The van der Waals surface area contributed by atoms with Gasteiger partial charge in [0, 0.05) is 26.2 Å². The van der Waals surface area contributed by atoms with Crippen molar-refractivity contribution < 1.29 is 4.39 Å². The van der Waals surface area contributed by atoms with Crippen LogP contribution in [0.3, 0.4) is 0 Å². The molecule has 2 aromatic rings. The maximum atomic E-state index is 13.7. The number of hydrogen-bond acceptors (Lipinski definition) is 3. The first-order valence-electron chi connectivity index (χ1n) is 7.60. The molecular formula is C20H15FN2S. The number of hydrogen-bond donors (Lipinski definition) is 2. The molecule has 4 rings (SSSR count). The van der Waals surface area contributed by atoms with E-state index in [2.05, 4.69) is 0 Å². The summed E-state index contributed by atoms with van der Waals surface area (Å²) < 4.78 is 14.8. The summed E-state index contributed by atoms with van der Waals surface area (Å²) in [6.07, 6.45) is 0. The molecule has 0 radical (unpaired) electrons. The van der Waals surface area contributed by atoms with E-state index < -0.39 is 0 Å². The lowest BCUT2D eigenvalue weighted by molar-refractivity contribution is 0.619. The molecule has 4 heteroatoms. The quantitative estimate of drug-likeness (QED) is 0.365. The molecule has 0 amide bonds. The smallest absolute Gasteiger partial charge is 0.126 e. The first-order chi connectivity index (χ1) is 11.5. The maximum Gasteiger partial charge on any atom is 0.126 e. The Hall–Kier alpha value is -2.72. The van der Waals surface area contributed by atoms with E-state index in [1.165, 1.54) is 6.07 Å². The van der Waals surface area contributed by atoms with Crippen LogP contribution in [0.2, 0.25) is 0 Å². The number of nitrogens with two attached hydrogens (primary N) is 1. The van der Waals surface area contributed by atoms with Crippen molar-refractivity contribution in [1.29, 1.82) is 5.41 Å². The number of halogens is 1. The Morgan fingerprint density at radius 2 is 1.83 bits per heavy atom. The highest BCUT2D eigenvalue weighted by atomic mass is 32.1. The number of rotatable bonds is 1. The lowest BCUT2D eigenvalue weighted by Gasteiger charge is -2.16. The van der Waals surface area contributed by atoms with Gasteiger partial charge in [-0.2, -0.15) is 0 Å². The van der Waals surface area contributed by atoms with Crippen molar-refractivity contribution in [2.45, 2.75) is 6.92 Å². The molecule has 3 N–H and O–H groups in total. The second kappa shape index (κ2) is 5.42. The Morgan fingerprint density at radius 3 is 2.62 bits per heavy atom. The van der Waals surface area contributed by atoms with Crippen molar-refractivity contribution in [1.82, 2.24) is 0 Å². The van der Waals surface area contributed by atoms with Crippen LogP contribution in [0.4, 0.5) is 10.1 Å². The summed E-state index contributed by atoms with van der Waals surface area (Å²) in [5.74, 6) is -0.205. The lowest BCUT2D eigenvalue weighted by Crippen LogP contribution is -1.99. The van der Waals surface area contributed by atoms with E-state index in [0.717, 1.165) is 31.7 Å². The molecule has 2 aromatic carbocycles. The third-order valence-corrected chi connectivity index (χ3v) is 5.31. The average Bonchev–Trinajstić information content (AvgIpc) is 2.55. The zero-order valence-corrected chi connectivity index (χ0v) is 13.9. The van der Waals surface area contributed by atoms with E-state index >= 15 is 0 Å². The molecule has 0 atom stereocenters. The van der Waals surface area contributed by atoms with Crippen LogP contribution in [-0.2, 0) is 0 Å². The van der Waals surface area contributed by atoms with Gasteiger partial charge >= 0.3 is 0 Å². The van der Waals surface area contributed by atoms with E-state index in [1.54, 1.807) is 24.3 Å². The predicted octanol–water partition coefficient (Wildman–Crippen LogP) is 5.18. The van der Waals surface area contributed by atoms with Gasteiger partial charge < -0.3 is 11.1 Å². The second-order valence-corrected chi connectivity index (χ2v) is 6.99. The minimum Gasteiger partial charge on any atom is -0.399 e. The highest BCUT2D eigenvalue weighted by Gasteiger charge is 2.16. The fraction of sp³-hybridized carbons (Fsp3) is 0.0500. The largest absolute Gasteiger partial charge is 0.399 e. The predicted molar refractivity (Wildman–Crippen MR) is 98.8 cm³/mol. The number of aryl methyl sites for hydroxylation is 1. The Bertz CT molecular complexity index is 1110. The van der Waals surface area contributed by atoms with Gasteiger partial charge in [-0.1, -0.05) is 18.2 Å². The number of nitrogens with one attached hydrogen (secondary N) is 1. The molecule has 118 valence electrons. The molecule has 0 fully saturated rings. The van der Waals surface area contributed by atoms with Crippen LogP contribution in [0.1, 0.15) is 5.56 Å². The topological polar surface area (TPSA) is 49.9 Å². The summed E-state index contributed by atoms with van der Waals surface area (Å²) in [6.45, 7) is 1.77. The van der Waals surface area contributed by atoms with Gasteiger partial charge in [0.15, 0.2) is 0 Å². The number of benzene rings is 3. The molecule has 0 saturated heterocycles. The van der Waals surface area contributed by atoms with E-state index in [9.17, 15) is 4.39 Å². The van der Waals surface area contributed by atoms with Crippen LogP contribution in [0.15, 0.2) is 54.6 Å². The summed E-state index contributed by atoms with van der Waals surface area (Å²) >= 11 is 1.62. The molecule has 0 unspecified atom stereocenters. The highest BCUT2D eigenvalue weighted by Crippen LogP contribution is 2.43. The van der Waals surface area contributed by atoms with Crippen molar-refractivity contribution in [2.75, 3.05) is 5.73 Å². The standard InChI is InChI=1S/C20H15FN2S/c1-11-8-12(2-7-17(11)21)20-15-5-3-13(22)9-18(15)24-19-10-14(23)4-6-16(19)20/h2-10,22H,23H2,1H3. The van der Waals surface area contributed by atoms with Crippen LogP contribution in [0.25, 0.3) is 31.7 Å². The molecule has 0 aromatic heterocycles. The number of fused-ring (bicyclic) bond motifs is 2. The molecule has 1 heterocycles. The Labute approximate surface area is 142 Å². The minimum atomic E-state index is -0.205. The molecule has 24 heavy (non-hydrogen) atoms. The minimum absolute atomic E-state index is 0.205. The van der Waals surface area contributed by atoms with Gasteiger partial charge in [-0.15, -0.1) is 11.3 Å². The first-order valence-corrected chi connectivity index (χ1v) is 8.42. The van der Waals surface area contributed by atoms with Gasteiger partial charge in [-0.25, -0.2) is 4.39 Å². The monoisotopic (exact) mass is 334 g/mol. The van der Waals surface area contributed by atoms with Gasteiger partial charge in [0.2, 0.25) is 0 Å². The van der Waals surface area contributed by atoms with Crippen LogP contribution in [0.5, 0.6) is 0 Å². The Kier molecular flexibility index (Phi) is 3.36. The van der Waals surface area contributed by atoms with Crippen LogP contribution >= 0.6 is 11.3 Å². The molecule has 1 aliphatic carbocycles. The molecular weight excluding hydrogens is 319 g/mol. The summed E-state index contributed by atoms with van der Waals surface area (Å²) in [6, 6.07) is 16.7. The van der Waals surface area contributed by atoms with Crippen molar-refractivity contribution in [2.24, 2.45) is 0 Å². The van der Waals surface area contributed by atoms with Gasteiger partial charge in [0.1, 0.15) is 5.82 Å². The number of anilines is 1. The Balaban J connectivity index is 2.18. The third-order valence-electron chi connectivity index (χ3n) is 4.19. The summed E-state index contributed by atoms with van der Waals surface area (Å²) in [4.78, 5) is 1.03. The van der Waals surface area contributed by atoms with E-state index in [0.29, 0.717) is 16.6 Å².